The first-order valence-electron chi connectivity index (χ1n) is 6.64. The predicted molar refractivity (Wildman–Crippen MR) is 82.0 cm³/mol. The zero-order valence-electron chi connectivity index (χ0n) is 13.3. The van der Waals surface area contributed by atoms with E-state index in [1.165, 1.54) is 7.11 Å². The van der Waals surface area contributed by atoms with Crippen molar-refractivity contribution in [2.75, 3.05) is 28.4 Å². The first-order valence-corrected chi connectivity index (χ1v) is 6.64. The molecule has 0 unspecified atom stereocenters. The summed E-state index contributed by atoms with van der Waals surface area (Å²) in [5.41, 5.74) is 2.69. The number of carbonyl (C=O) groups is 1. The van der Waals surface area contributed by atoms with Crippen molar-refractivity contribution in [2.24, 2.45) is 0 Å². The van der Waals surface area contributed by atoms with Crippen LogP contribution in [0.2, 0.25) is 0 Å². The SMILES string of the molecule is COC(=O)c1[nH]cc(C)c1-c1cc(OC)c(OC)cc1OC. The normalized spacial score (nSPS) is 10.2. The van der Waals surface area contributed by atoms with Crippen LogP contribution in [0.4, 0.5) is 0 Å². The average molecular weight is 305 g/mol. The van der Waals surface area contributed by atoms with Crippen LogP contribution in [0.1, 0.15) is 16.1 Å². The lowest BCUT2D eigenvalue weighted by Gasteiger charge is -2.15. The molecule has 1 aromatic heterocycles. The van der Waals surface area contributed by atoms with E-state index in [0.717, 1.165) is 11.1 Å². The quantitative estimate of drug-likeness (QED) is 0.860. The topological polar surface area (TPSA) is 69.8 Å². The third-order valence-corrected chi connectivity index (χ3v) is 3.44. The van der Waals surface area contributed by atoms with Gasteiger partial charge in [0, 0.05) is 23.4 Å². The fraction of sp³-hybridized carbons (Fsp3) is 0.312. The Hall–Kier alpha value is -2.63. The summed E-state index contributed by atoms with van der Waals surface area (Å²) in [6.45, 7) is 1.90. The Morgan fingerprint density at radius 3 is 2.09 bits per heavy atom. The lowest BCUT2D eigenvalue weighted by Crippen LogP contribution is -2.04. The highest BCUT2D eigenvalue weighted by molar-refractivity contribution is 5.98. The van der Waals surface area contributed by atoms with Crippen molar-refractivity contribution in [1.29, 1.82) is 0 Å². The minimum Gasteiger partial charge on any atom is -0.496 e. The summed E-state index contributed by atoms with van der Waals surface area (Å²) in [7, 11) is 6.01. The van der Waals surface area contributed by atoms with Gasteiger partial charge in [0.2, 0.25) is 0 Å². The fourth-order valence-corrected chi connectivity index (χ4v) is 2.36. The average Bonchev–Trinajstić information content (AvgIpc) is 2.94. The first-order chi connectivity index (χ1) is 10.6. The van der Waals surface area contributed by atoms with Gasteiger partial charge in [-0.1, -0.05) is 0 Å². The second-order valence-corrected chi connectivity index (χ2v) is 4.62. The lowest BCUT2D eigenvalue weighted by atomic mass is 10.00. The molecule has 0 saturated heterocycles. The molecule has 6 heteroatoms. The number of hydrogen-bond acceptors (Lipinski definition) is 5. The Labute approximate surface area is 129 Å². The molecule has 0 amide bonds. The third-order valence-electron chi connectivity index (χ3n) is 3.44. The molecule has 0 fully saturated rings. The van der Waals surface area contributed by atoms with E-state index in [4.69, 9.17) is 18.9 Å². The van der Waals surface area contributed by atoms with Crippen molar-refractivity contribution < 1.29 is 23.7 Å². The molecule has 0 aliphatic rings. The third kappa shape index (κ3) is 2.59. The number of hydrogen-bond donors (Lipinski definition) is 1. The summed E-state index contributed by atoms with van der Waals surface area (Å²) in [5.74, 6) is 1.23. The Kier molecular flexibility index (Phi) is 4.60. The number of esters is 1. The van der Waals surface area contributed by atoms with Crippen LogP contribution in [-0.2, 0) is 4.74 Å². The Morgan fingerprint density at radius 2 is 1.55 bits per heavy atom. The molecule has 0 spiro atoms. The van der Waals surface area contributed by atoms with Crippen LogP contribution < -0.4 is 14.2 Å². The van der Waals surface area contributed by atoms with Gasteiger partial charge in [-0.05, 0) is 18.6 Å². The van der Waals surface area contributed by atoms with Crippen molar-refractivity contribution >= 4 is 5.97 Å². The van der Waals surface area contributed by atoms with E-state index in [0.29, 0.717) is 28.5 Å². The smallest absolute Gasteiger partial charge is 0.355 e. The van der Waals surface area contributed by atoms with Crippen LogP contribution in [0.25, 0.3) is 11.1 Å². The van der Waals surface area contributed by atoms with Crippen molar-refractivity contribution in [3.8, 4) is 28.4 Å². The van der Waals surface area contributed by atoms with E-state index in [1.807, 2.05) is 6.92 Å². The van der Waals surface area contributed by atoms with Crippen molar-refractivity contribution in [3.05, 3.63) is 29.6 Å². The summed E-state index contributed by atoms with van der Waals surface area (Å²) in [4.78, 5) is 14.9. The van der Waals surface area contributed by atoms with Crippen LogP contribution in [0.5, 0.6) is 17.2 Å². The number of methoxy groups -OCH3 is 4. The summed E-state index contributed by atoms with van der Waals surface area (Å²) in [6.07, 6.45) is 1.75. The maximum absolute atomic E-state index is 11.9. The Bertz CT molecular complexity index is 690. The first kappa shape index (κ1) is 15.8. The van der Waals surface area contributed by atoms with E-state index < -0.39 is 5.97 Å². The van der Waals surface area contributed by atoms with Gasteiger partial charge in [-0.25, -0.2) is 4.79 Å². The molecule has 2 aromatic rings. The van der Waals surface area contributed by atoms with Gasteiger partial charge < -0.3 is 23.9 Å². The van der Waals surface area contributed by atoms with Crippen LogP contribution in [0, 0.1) is 6.92 Å². The second kappa shape index (κ2) is 6.43. The van der Waals surface area contributed by atoms with Gasteiger partial charge in [-0.15, -0.1) is 0 Å². The number of benzene rings is 1. The number of ether oxygens (including phenoxy) is 4. The van der Waals surface area contributed by atoms with E-state index >= 15 is 0 Å². The van der Waals surface area contributed by atoms with Gasteiger partial charge in [0.05, 0.1) is 28.4 Å². The monoisotopic (exact) mass is 305 g/mol. The molecule has 0 aliphatic heterocycles. The van der Waals surface area contributed by atoms with Crippen LogP contribution in [0.3, 0.4) is 0 Å². The number of carbonyl (C=O) groups excluding carboxylic acids is 1. The molecule has 0 atom stereocenters. The highest BCUT2D eigenvalue weighted by Crippen LogP contribution is 2.42. The molecule has 1 N–H and O–H groups in total. The molecular formula is C16H19NO5. The van der Waals surface area contributed by atoms with Crippen molar-refractivity contribution in [1.82, 2.24) is 4.98 Å². The number of aromatic amines is 1. The van der Waals surface area contributed by atoms with E-state index in [2.05, 4.69) is 4.98 Å². The van der Waals surface area contributed by atoms with Crippen molar-refractivity contribution in [3.63, 3.8) is 0 Å². The zero-order valence-corrected chi connectivity index (χ0v) is 13.3. The number of nitrogens with one attached hydrogen (secondary N) is 1. The summed E-state index contributed by atoms with van der Waals surface area (Å²) < 4.78 is 20.9. The Morgan fingerprint density at radius 1 is 0.955 bits per heavy atom. The number of rotatable bonds is 5. The fourth-order valence-electron chi connectivity index (χ4n) is 2.36. The number of aromatic nitrogens is 1. The van der Waals surface area contributed by atoms with Gasteiger partial charge >= 0.3 is 5.97 Å². The predicted octanol–water partition coefficient (Wildman–Crippen LogP) is 2.80. The van der Waals surface area contributed by atoms with E-state index in [-0.39, 0.29) is 0 Å². The molecule has 118 valence electrons. The van der Waals surface area contributed by atoms with Gasteiger partial charge in [0.25, 0.3) is 0 Å². The van der Waals surface area contributed by atoms with E-state index in [1.54, 1.807) is 39.7 Å². The molecule has 22 heavy (non-hydrogen) atoms. The van der Waals surface area contributed by atoms with Gasteiger partial charge in [0.1, 0.15) is 11.4 Å². The summed E-state index contributed by atoms with van der Waals surface area (Å²) >= 11 is 0. The minimum atomic E-state index is -0.445. The number of aryl methyl sites for hydroxylation is 1. The standard InChI is InChI=1S/C16H19NO5/c1-9-8-17-15(16(18)22-5)14(9)10-6-12(20-3)13(21-4)7-11(10)19-2/h6-8,17H,1-5H3. The van der Waals surface area contributed by atoms with Gasteiger partial charge in [0.15, 0.2) is 11.5 Å². The number of H-pyrrole nitrogens is 1. The van der Waals surface area contributed by atoms with Crippen LogP contribution in [-0.4, -0.2) is 39.4 Å². The maximum atomic E-state index is 11.9. The Balaban J connectivity index is 2.71. The molecular weight excluding hydrogens is 286 g/mol. The van der Waals surface area contributed by atoms with Crippen molar-refractivity contribution in [2.45, 2.75) is 6.92 Å². The molecule has 2 rings (SSSR count). The second-order valence-electron chi connectivity index (χ2n) is 4.62. The maximum Gasteiger partial charge on any atom is 0.355 e. The zero-order chi connectivity index (χ0) is 16.3. The van der Waals surface area contributed by atoms with Gasteiger partial charge in [-0.2, -0.15) is 0 Å². The molecule has 1 aromatic carbocycles. The highest BCUT2D eigenvalue weighted by atomic mass is 16.5. The van der Waals surface area contributed by atoms with Crippen LogP contribution >= 0.6 is 0 Å². The molecule has 0 bridgehead atoms. The van der Waals surface area contributed by atoms with Gasteiger partial charge in [-0.3, -0.25) is 0 Å². The van der Waals surface area contributed by atoms with E-state index in [9.17, 15) is 4.79 Å². The lowest BCUT2D eigenvalue weighted by molar-refractivity contribution is 0.0595. The molecule has 0 aliphatic carbocycles. The van der Waals surface area contributed by atoms with Crippen LogP contribution in [0.15, 0.2) is 18.3 Å². The minimum absolute atomic E-state index is 0.366. The summed E-state index contributed by atoms with van der Waals surface area (Å²) in [6, 6.07) is 3.50. The molecule has 1 heterocycles. The summed E-state index contributed by atoms with van der Waals surface area (Å²) in [5, 5.41) is 0. The molecule has 0 radical (unpaired) electrons. The largest absolute Gasteiger partial charge is 0.496 e. The highest BCUT2D eigenvalue weighted by Gasteiger charge is 2.22. The molecule has 0 saturated carbocycles. The molecule has 6 nitrogen and oxygen atoms in total.